The number of esters is 2. The first-order valence-corrected chi connectivity index (χ1v) is 15.5. The SMILES string of the molecule is CCOC(=O)COc1cc(F)ccc1[N+](=O)[O-].CCOC(=O)COc1cc(Sc2ccccc2N)ccc1[N+](=O)[O-].Nc1ccccc1S. The number of anilines is 2. The van der Waals surface area contributed by atoms with Crippen LogP contribution in [0, 0.1) is 26.0 Å². The Balaban J connectivity index is 0.000000288. The van der Waals surface area contributed by atoms with E-state index in [9.17, 15) is 34.2 Å². The summed E-state index contributed by atoms with van der Waals surface area (Å²) < 4.78 is 32.3. The highest BCUT2D eigenvalue weighted by molar-refractivity contribution is 7.99. The number of thiol groups is 1. The number of nitrogens with two attached hydrogens (primary N) is 2. The van der Waals surface area contributed by atoms with Crippen molar-refractivity contribution in [2.75, 3.05) is 37.9 Å². The molecule has 0 fully saturated rings. The average molecular weight is 717 g/mol. The monoisotopic (exact) mass is 716 g/mol. The molecule has 17 heteroatoms. The summed E-state index contributed by atoms with van der Waals surface area (Å²) in [6.07, 6.45) is 0. The minimum absolute atomic E-state index is 0.00700. The van der Waals surface area contributed by atoms with E-state index in [1.54, 1.807) is 26.0 Å². The van der Waals surface area contributed by atoms with Gasteiger partial charge in [-0.3, -0.25) is 20.2 Å². The fraction of sp³-hybridized carbons (Fsp3) is 0.188. The zero-order chi connectivity index (χ0) is 36.3. The van der Waals surface area contributed by atoms with E-state index in [4.69, 9.17) is 25.7 Å². The largest absolute Gasteiger partial charge is 0.475 e. The summed E-state index contributed by atoms with van der Waals surface area (Å²) >= 11 is 5.42. The molecule has 0 aliphatic rings. The van der Waals surface area contributed by atoms with Crippen LogP contribution in [0.25, 0.3) is 0 Å². The summed E-state index contributed by atoms with van der Waals surface area (Å²) in [6.45, 7) is 2.78. The Morgan fingerprint density at radius 3 is 1.71 bits per heavy atom. The lowest BCUT2D eigenvalue weighted by Crippen LogP contribution is -2.15. The number of nitro benzene ring substituents is 2. The molecule has 4 aromatic rings. The number of carbonyl (C=O) groups excluding carboxylic acids is 2. The van der Waals surface area contributed by atoms with Crippen LogP contribution in [0.3, 0.4) is 0 Å². The van der Waals surface area contributed by atoms with Crippen LogP contribution in [0.4, 0.5) is 27.1 Å². The van der Waals surface area contributed by atoms with Crippen molar-refractivity contribution in [3.8, 4) is 11.5 Å². The van der Waals surface area contributed by atoms with Gasteiger partial charge < -0.3 is 30.4 Å². The van der Waals surface area contributed by atoms with Gasteiger partial charge in [-0.2, -0.15) is 0 Å². The van der Waals surface area contributed by atoms with Crippen LogP contribution in [0.15, 0.2) is 99.6 Å². The number of hydrogen-bond donors (Lipinski definition) is 3. The highest BCUT2D eigenvalue weighted by Gasteiger charge is 2.19. The minimum Gasteiger partial charge on any atom is -0.475 e. The zero-order valence-electron chi connectivity index (χ0n) is 26.3. The number of hydrogen-bond acceptors (Lipinski definition) is 14. The summed E-state index contributed by atoms with van der Waals surface area (Å²) in [5.41, 5.74) is 12.1. The number of rotatable bonds is 12. The molecule has 4 N–H and O–H groups in total. The number of halogens is 1. The van der Waals surface area contributed by atoms with Gasteiger partial charge in [0.05, 0.1) is 23.1 Å². The molecule has 0 spiro atoms. The van der Waals surface area contributed by atoms with Gasteiger partial charge in [0.1, 0.15) is 5.82 Å². The Kier molecular flexibility index (Phi) is 16.7. The van der Waals surface area contributed by atoms with Gasteiger partial charge in [0, 0.05) is 50.3 Å². The van der Waals surface area contributed by atoms with Crippen LogP contribution in [-0.2, 0) is 19.1 Å². The second-order valence-electron chi connectivity index (χ2n) is 9.14. The summed E-state index contributed by atoms with van der Waals surface area (Å²) in [6, 6.07) is 22.0. The maximum absolute atomic E-state index is 12.9. The lowest BCUT2D eigenvalue weighted by Gasteiger charge is -2.09. The highest BCUT2D eigenvalue weighted by atomic mass is 32.2. The van der Waals surface area contributed by atoms with Crippen LogP contribution in [0.2, 0.25) is 0 Å². The Bertz CT molecular complexity index is 1730. The predicted octanol–water partition coefficient (Wildman–Crippen LogP) is 6.50. The second kappa shape index (κ2) is 20.6. The third-order valence-corrected chi connectivity index (χ3v) is 7.12. The Morgan fingerprint density at radius 2 is 1.24 bits per heavy atom. The maximum Gasteiger partial charge on any atom is 0.344 e. The van der Waals surface area contributed by atoms with Crippen LogP contribution in [0.1, 0.15) is 13.8 Å². The molecule has 4 rings (SSSR count). The number of ether oxygens (including phenoxy) is 4. The number of nitrogen functional groups attached to an aromatic ring is 2. The molecule has 49 heavy (non-hydrogen) atoms. The molecular formula is C32H33FN4O10S2. The van der Waals surface area contributed by atoms with Gasteiger partial charge in [-0.1, -0.05) is 36.0 Å². The van der Waals surface area contributed by atoms with Crippen molar-refractivity contribution in [1.29, 1.82) is 0 Å². The summed E-state index contributed by atoms with van der Waals surface area (Å²) in [5, 5.41) is 21.7. The van der Waals surface area contributed by atoms with Gasteiger partial charge >= 0.3 is 23.3 Å². The van der Waals surface area contributed by atoms with Crippen LogP contribution < -0.4 is 20.9 Å². The van der Waals surface area contributed by atoms with E-state index >= 15 is 0 Å². The van der Waals surface area contributed by atoms with Crippen molar-refractivity contribution in [3.63, 3.8) is 0 Å². The third-order valence-electron chi connectivity index (χ3n) is 5.63. The third kappa shape index (κ3) is 14.0. The molecule has 0 radical (unpaired) electrons. The molecule has 0 bridgehead atoms. The Labute approximate surface area is 290 Å². The Morgan fingerprint density at radius 1 is 0.755 bits per heavy atom. The normalized spacial score (nSPS) is 9.88. The molecular weight excluding hydrogens is 684 g/mol. The summed E-state index contributed by atoms with van der Waals surface area (Å²) in [5.74, 6) is -2.24. The van der Waals surface area contributed by atoms with Gasteiger partial charge in [0.25, 0.3) is 0 Å². The van der Waals surface area contributed by atoms with Crippen LogP contribution in [-0.4, -0.2) is 48.2 Å². The van der Waals surface area contributed by atoms with Gasteiger partial charge in [-0.25, -0.2) is 14.0 Å². The van der Waals surface area contributed by atoms with E-state index in [0.29, 0.717) is 10.6 Å². The van der Waals surface area contributed by atoms with E-state index in [2.05, 4.69) is 17.4 Å². The van der Waals surface area contributed by atoms with Gasteiger partial charge in [-0.05, 0) is 50.2 Å². The standard InChI is InChI=1S/C16H16N2O5S.C10H10FNO5.C6H7NS/c1-2-22-16(19)10-23-14-9-11(7-8-13(14)18(20)21)24-15-6-4-3-5-12(15)17;1-2-16-10(13)6-17-9-5-7(11)3-4-8(9)12(14)15;7-5-3-1-2-4-6(5)8/h3-9H,2,10,17H2,1H3;3-5H,2,6H2,1H3;1-4,8H,7H2. The highest BCUT2D eigenvalue weighted by Crippen LogP contribution is 2.37. The van der Waals surface area contributed by atoms with Gasteiger partial charge in [-0.15, -0.1) is 12.6 Å². The van der Waals surface area contributed by atoms with E-state index in [1.807, 2.05) is 42.5 Å². The average Bonchev–Trinajstić information content (AvgIpc) is 3.06. The molecule has 0 aromatic heterocycles. The van der Waals surface area contributed by atoms with Crippen molar-refractivity contribution in [2.24, 2.45) is 0 Å². The molecule has 0 heterocycles. The first kappa shape index (κ1) is 39.6. The zero-order valence-corrected chi connectivity index (χ0v) is 28.0. The lowest BCUT2D eigenvalue weighted by molar-refractivity contribution is -0.386. The number of benzene rings is 4. The maximum atomic E-state index is 12.9. The van der Waals surface area contributed by atoms with E-state index in [1.165, 1.54) is 23.9 Å². The number of para-hydroxylation sites is 2. The van der Waals surface area contributed by atoms with E-state index in [0.717, 1.165) is 33.7 Å². The van der Waals surface area contributed by atoms with Gasteiger partial charge in [0.2, 0.25) is 5.75 Å². The fourth-order valence-corrected chi connectivity index (χ4v) is 4.49. The molecule has 0 saturated carbocycles. The van der Waals surface area contributed by atoms with Crippen molar-refractivity contribution in [1.82, 2.24) is 0 Å². The molecule has 0 saturated heterocycles. The summed E-state index contributed by atoms with van der Waals surface area (Å²) in [7, 11) is 0. The predicted molar refractivity (Wildman–Crippen MR) is 183 cm³/mol. The van der Waals surface area contributed by atoms with Crippen molar-refractivity contribution in [2.45, 2.75) is 28.5 Å². The van der Waals surface area contributed by atoms with Crippen molar-refractivity contribution >= 4 is 59.1 Å². The molecule has 260 valence electrons. The smallest absolute Gasteiger partial charge is 0.344 e. The number of nitrogens with zero attached hydrogens (tertiary/aromatic N) is 2. The fourth-order valence-electron chi connectivity index (χ4n) is 3.45. The first-order valence-electron chi connectivity index (χ1n) is 14.2. The van der Waals surface area contributed by atoms with E-state index < -0.39 is 46.5 Å². The van der Waals surface area contributed by atoms with Gasteiger partial charge in [0.15, 0.2) is 19.0 Å². The summed E-state index contributed by atoms with van der Waals surface area (Å²) in [4.78, 5) is 45.1. The Hall–Kier alpha value is -5.55. The lowest BCUT2D eigenvalue weighted by atomic mass is 10.3. The minimum atomic E-state index is -0.722. The molecule has 0 unspecified atom stereocenters. The quantitative estimate of drug-likeness (QED) is 0.0470. The second-order valence-corrected chi connectivity index (χ2v) is 10.7. The van der Waals surface area contributed by atoms with E-state index in [-0.39, 0.29) is 30.4 Å². The number of nitro groups is 2. The molecule has 4 aromatic carbocycles. The molecule has 0 atom stereocenters. The molecule has 0 aliphatic heterocycles. The number of carbonyl (C=O) groups is 2. The van der Waals surface area contributed by atoms with Crippen LogP contribution in [0.5, 0.6) is 11.5 Å². The van der Waals surface area contributed by atoms with Crippen LogP contribution >= 0.6 is 24.4 Å². The molecule has 0 aliphatic carbocycles. The topological polar surface area (TPSA) is 209 Å². The van der Waals surface area contributed by atoms with Crippen molar-refractivity contribution in [3.05, 3.63) is 111 Å². The first-order chi connectivity index (χ1) is 23.4. The van der Waals surface area contributed by atoms with Crippen molar-refractivity contribution < 1.29 is 42.8 Å². The molecule has 0 amide bonds. The molecule has 14 nitrogen and oxygen atoms in total.